The molecule has 0 saturated heterocycles. The second kappa shape index (κ2) is 24.0. The minimum atomic E-state index is -1.24. The normalized spacial score (nSPS) is 14.7. The van der Waals surface area contributed by atoms with Crippen LogP contribution in [0.4, 0.5) is 9.59 Å². The van der Waals surface area contributed by atoms with Gasteiger partial charge in [-0.05, 0) is 101 Å². The Hall–Kier alpha value is -4.74. The molecular formula is C44H58O12. The van der Waals surface area contributed by atoms with Gasteiger partial charge in [0.25, 0.3) is 0 Å². The van der Waals surface area contributed by atoms with Crippen molar-refractivity contribution in [1.29, 1.82) is 0 Å². The van der Waals surface area contributed by atoms with E-state index in [-0.39, 0.29) is 70.4 Å². The van der Waals surface area contributed by atoms with Crippen molar-refractivity contribution in [2.24, 2.45) is 0 Å². The number of carbonyl (C=O) groups is 6. The molecule has 2 aliphatic carbocycles. The molecule has 0 aliphatic heterocycles. The molecule has 0 unspecified atom stereocenters. The number of unbranched alkanes of at least 4 members (excludes halogenated alkanes) is 8. The Kier molecular flexibility index (Phi) is 18.9. The first kappa shape index (κ1) is 44.0. The van der Waals surface area contributed by atoms with Crippen LogP contribution in [-0.2, 0) is 19.2 Å². The predicted molar refractivity (Wildman–Crippen MR) is 207 cm³/mol. The van der Waals surface area contributed by atoms with Crippen LogP contribution in [0.1, 0.15) is 197 Å². The van der Waals surface area contributed by atoms with E-state index >= 15 is 0 Å². The van der Waals surface area contributed by atoms with E-state index < -0.39 is 24.2 Å². The van der Waals surface area contributed by atoms with Crippen molar-refractivity contribution in [3.05, 3.63) is 58.7 Å². The van der Waals surface area contributed by atoms with E-state index in [9.17, 15) is 28.8 Å². The second-order valence-corrected chi connectivity index (χ2v) is 14.8. The van der Waals surface area contributed by atoms with Gasteiger partial charge in [-0.3, -0.25) is 9.59 Å². The lowest BCUT2D eigenvalue weighted by Gasteiger charge is -2.21. The predicted octanol–water partition coefficient (Wildman–Crippen LogP) is 11.4. The number of ketones is 2. The molecular weight excluding hydrogens is 720 g/mol. The number of hydrogen-bond acceptors (Lipinski definition) is 12. The van der Waals surface area contributed by atoms with Crippen molar-refractivity contribution >= 4 is 35.8 Å². The first-order valence-corrected chi connectivity index (χ1v) is 20.7. The lowest BCUT2D eigenvalue weighted by Crippen LogP contribution is -2.24. The van der Waals surface area contributed by atoms with Gasteiger partial charge in [0, 0.05) is 24.0 Å². The van der Waals surface area contributed by atoms with Crippen molar-refractivity contribution in [1.82, 2.24) is 0 Å². The Morgan fingerprint density at radius 1 is 0.500 bits per heavy atom. The first-order valence-electron chi connectivity index (χ1n) is 20.7. The van der Waals surface area contributed by atoms with Crippen molar-refractivity contribution in [3.63, 3.8) is 0 Å². The summed E-state index contributed by atoms with van der Waals surface area (Å²) >= 11 is 0. The summed E-state index contributed by atoms with van der Waals surface area (Å²) in [5, 5.41) is 0. The summed E-state index contributed by atoms with van der Waals surface area (Å²) in [4.78, 5) is 88.8. The number of Topliss-reactive ketones (excluding diaryl/α,β-unsaturated/α-hetero) is 2. The van der Waals surface area contributed by atoms with E-state index in [1.807, 2.05) is 0 Å². The largest absolute Gasteiger partial charge is 0.514 e. The van der Waals surface area contributed by atoms with Crippen LogP contribution in [-0.4, -0.2) is 48.0 Å². The Bertz CT molecular complexity index is 1500. The molecule has 2 saturated carbocycles. The zero-order chi connectivity index (χ0) is 40.1. The van der Waals surface area contributed by atoms with Gasteiger partial charge >= 0.3 is 24.2 Å². The van der Waals surface area contributed by atoms with Gasteiger partial charge in [-0.1, -0.05) is 78.1 Å². The van der Waals surface area contributed by atoms with Crippen LogP contribution in [0.25, 0.3) is 0 Å². The highest BCUT2D eigenvalue weighted by atomic mass is 17.2. The van der Waals surface area contributed by atoms with Gasteiger partial charge in [0.2, 0.25) is 0 Å². The second-order valence-electron chi connectivity index (χ2n) is 14.8. The molecule has 0 N–H and O–H groups in total. The topological polar surface area (TPSA) is 158 Å². The van der Waals surface area contributed by atoms with Gasteiger partial charge < -0.3 is 18.9 Å². The molecule has 0 atom stereocenters. The molecule has 0 aromatic heterocycles. The molecule has 0 radical (unpaired) electrons. The standard InChI is InChI=1S/C44H58O12/c1-3-5-7-9-17-23-37(45)31-25-27-39(53-43(49)51-33-19-13-11-14-20-33)35(29-31)41(47)55-56-42(48)36-30-32(38(46)24-18-10-8-6-4-2)26-28-40(36)54-44(50)52-34-21-15-12-16-22-34/h25-30,33-34H,3-24H2,1-2H3. The molecule has 12 heteroatoms. The maximum atomic E-state index is 13.5. The number of carbonyl (C=O) groups excluding carboxylic acids is 6. The fraction of sp³-hybridized carbons (Fsp3) is 0.591. The zero-order valence-electron chi connectivity index (χ0n) is 33.1. The van der Waals surface area contributed by atoms with E-state index in [4.69, 9.17) is 28.7 Å². The minimum absolute atomic E-state index is 0.180. The van der Waals surface area contributed by atoms with Gasteiger partial charge in [-0.25, -0.2) is 29.0 Å². The van der Waals surface area contributed by atoms with Crippen LogP contribution in [0, 0.1) is 0 Å². The van der Waals surface area contributed by atoms with Crippen molar-refractivity contribution in [2.75, 3.05) is 0 Å². The van der Waals surface area contributed by atoms with E-state index in [0.717, 1.165) is 89.9 Å². The molecule has 0 spiro atoms. The van der Waals surface area contributed by atoms with Crippen LogP contribution in [0.3, 0.4) is 0 Å². The molecule has 2 aliphatic rings. The van der Waals surface area contributed by atoms with Crippen LogP contribution < -0.4 is 9.47 Å². The number of benzene rings is 2. The van der Waals surface area contributed by atoms with Crippen molar-refractivity contribution in [2.45, 2.75) is 167 Å². The summed E-state index contributed by atoms with van der Waals surface area (Å²) in [6.45, 7) is 4.21. The van der Waals surface area contributed by atoms with Crippen molar-refractivity contribution < 1.29 is 57.5 Å². The van der Waals surface area contributed by atoms with Crippen LogP contribution in [0.15, 0.2) is 36.4 Å². The third-order valence-corrected chi connectivity index (χ3v) is 10.3. The molecule has 306 valence electrons. The highest BCUT2D eigenvalue weighted by Gasteiger charge is 2.27. The Labute approximate surface area is 330 Å². The Morgan fingerprint density at radius 2 is 0.875 bits per heavy atom. The maximum Gasteiger partial charge on any atom is 0.514 e. The van der Waals surface area contributed by atoms with Crippen LogP contribution in [0.2, 0.25) is 0 Å². The average molecular weight is 779 g/mol. The molecule has 12 nitrogen and oxygen atoms in total. The Balaban J connectivity index is 1.51. The van der Waals surface area contributed by atoms with Gasteiger partial charge in [0.15, 0.2) is 11.6 Å². The van der Waals surface area contributed by atoms with Gasteiger partial charge in [-0.2, -0.15) is 0 Å². The van der Waals surface area contributed by atoms with Crippen molar-refractivity contribution in [3.8, 4) is 11.5 Å². The quantitative estimate of drug-likeness (QED) is 0.0313. The molecule has 2 aromatic rings. The number of ether oxygens (including phenoxy) is 4. The molecule has 0 heterocycles. The lowest BCUT2D eigenvalue weighted by atomic mass is 9.98. The summed E-state index contributed by atoms with van der Waals surface area (Å²) in [6.07, 6.45) is 15.8. The molecule has 4 rings (SSSR count). The molecule has 2 fully saturated rings. The summed E-state index contributed by atoms with van der Waals surface area (Å²) in [5.41, 5.74) is -0.343. The summed E-state index contributed by atoms with van der Waals surface area (Å²) < 4.78 is 21.8. The summed E-state index contributed by atoms with van der Waals surface area (Å²) in [6, 6.07) is 7.94. The third-order valence-electron chi connectivity index (χ3n) is 10.3. The fourth-order valence-electron chi connectivity index (χ4n) is 7.00. The summed E-state index contributed by atoms with van der Waals surface area (Å²) in [5.74, 6) is -3.44. The minimum Gasteiger partial charge on any atom is -0.431 e. The van der Waals surface area contributed by atoms with E-state index in [0.29, 0.717) is 38.5 Å². The summed E-state index contributed by atoms with van der Waals surface area (Å²) in [7, 11) is 0. The molecule has 0 amide bonds. The monoisotopic (exact) mass is 778 g/mol. The lowest BCUT2D eigenvalue weighted by molar-refractivity contribution is -0.187. The number of hydrogen-bond donors (Lipinski definition) is 0. The molecule has 2 aromatic carbocycles. The van der Waals surface area contributed by atoms with Crippen LogP contribution in [0.5, 0.6) is 11.5 Å². The highest BCUT2D eigenvalue weighted by Crippen LogP contribution is 2.28. The Morgan fingerprint density at radius 3 is 1.25 bits per heavy atom. The molecule has 0 bridgehead atoms. The molecule has 56 heavy (non-hydrogen) atoms. The maximum absolute atomic E-state index is 13.5. The average Bonchev–Trinajstić information content (AvgIpc) is 3.20. The highest BCUT2D eigenvalue weighted by molar-refractivity contribution is 6.02. The first-order chi connectivity index (χ1) is 27.2. The number of rotatable bonds is 20. The third kappa shape index (κ3) is 14.7. The van der Waals surface area contributed by atoms with E-state index in [2.05, 4.69) is 13.8 Å². The van der Waals surface area contributed by atoms with E-state index in [1.165, 1.54) is 36.4 Å². The van der Waals surface area contributed by atoms with Gasteiger partial charge in [-0.15, -0.1) is 0 Å². The SMILES string of the molecule is CCCCCCCC(=O)c1ccc(OC(=O)OC2CCCCC2)c(C(=O)OOC(=O)c2cc(C(=O)CCCCCCC)ccc2OC(=O)OC2CCCCC2)c1. The van der Waals surface area contributed by atoms with E-state index in [1.54, 1.807) is 0 Å². The van der Waals surface area contributed by atoms with Crippen LogP contribution >= 0.6 is 0 Å². The zero-order valence-corrected chi connectivity index (χ0v) is 33.1. The smallest absolute Gasteiger partial charge is 0.431 e. The fourth-order valence-corrected chi connectivity index (χ4v) is 7.00. The van der Waals surface area contributed by atoms with Gasteiger partial charge in [0.1, 0.15) is 34.8 Å². The van der Waals surface area contributed by atoms with Gasteiger partial charge in [0.05, 0.1) is 0 Å².